The van der Waals surface area contributed by atoms with Gasteiger partial charge in [0, 0.05) is 11.9 Å². The normalized spacial score (nSPS) is 10.2. The molecule has 0 aliphatic rings. The number of benzene rings is 1. The number of ether oxygens (including phenoxy) is 2. The maximum atomic E-state index is 12.2. The number of hydrogen-bond acceptors (Lipinski definition) is 5. The minimum Gasteiger partial charge on any atom is -0.488 e. The fourth-order valence-corrected chi connectivity index (χ4v) is 2.12. The number of esters is 1. The average molecular weight is 344 g/mol. The highest BCUT2D eigenvalue weighted by Crippen LogP contribution is 2.10. The predicted molar refractivity (Wildman–Crippen MR) is 92.9 cm³/mol. The monoisotopic (exact) mass is 344 g/mol. The highest BCUT2D eigenvalue weighted by atomic mass is 16.5. The van der Waals surface area contributed by atoms with Crippen LogP contribution in [0.2, 0.25) is 0 Å². The van der Waals surface area contributed by atoms with E-state index in [-0.39, 0.29) is 23.8 Å². The number of methoxy groups -OCH3 is 1. The van der Waals surface area contributed by atoms with Gasteiger partial charge in [-0.1, -0.05) is 6.92 Å². The number of carbonyl (C=O) groups is 2. The Kier molecular flexibility index (Phi) is 6.33. The number of anilines is 1. The number of amides is 1. The van der Waals surface area contributed by atoms with Gasteiger partial charge in [-0.05, 0) is 42.8 Å². The first-order valence-electron chi connectivity index (χ1n) is 7.85. The van der Waals surface area contributed by atoms with Gasteiger partial charge >= 0.3 is 5.97 Å². The molecule has 0 saturated carbocycles. The lowest BCUT2D eigenvalue weighted by Crippen LogP contribution is -2.28. The van der Waals surface area contributed by atoms with Gasteiger partial charge in [-0.15, -0.1) is 0 Å². The van der Waals surface area contributed by atoms with Crippen LogP contribution >= 0.6 is 0 Å². The van der Waals surface area contributed by atoms with Crippen LogP contribution in [0.1, 0.15) is 23.7 Å². The lowest BCUT2D eigenvalue weighted by molar-refractivity contribution is -0.116. The molecule has 0 saturated heterocycles. The zero-order valence-corrected chi connectivity index (χ0v) is 14.2. The molecule has 0 aliphatic carbocycles. The lowest BCUT2D eigenvalue weighted by Gasteiger charge is -2.10. The van der Waals surface area contributed by atoms with E-state index in [0.717, 1.165) is 6.42 Å². The summed E-state index contributed by atoms with van der Waals surface area (Å²) < 4.78 is 11.3. The number of carbonyl (C=O) groups excluding carboxylic acids is 2. The van der Waals surface area contributed by atoms with E-state index in [2.05, 4.69) is 10.1 Å². The minimum atomic E-state index is -0.451. The topological polar surface area (TPSA) is 86.6 Å². The van der Waals surface area contributed by atoms with Crippen LogP contribution in [0.5, 0.6) is 5.75 Å². The number of aromatic nitrogens is 1. The molecule has 0 aliphatic heterocycles. The van der Waals surface area contributed by atoms with Crippen molar-refractivity contribution >= 4 is 17.6 Å². The smallest absolute Gasteiger partial charge is 0.337 e. The molecule has 2 rings (SSSR count). The molecular weight excluding hydrogens is 324 g/mol. The van der Waals surface area contributed by atoms with Crippen molar-refractivity contribution in [3.63, 3.8) is 0 Å². The lowest BCUT2D eigenvalue weighted by atomic mass is 10.2. The molecule has 0 fully saturated rings. The average Bonchev–Trinajstić information content (AvgIpc) is 2.62. The number of rotatable bonds is 7. The Balaban J connectivity index is 2.03. The molecule has 1 aromatic heterocycles. The minimum absolute atomic E-state index is 0.138. The van der Waals surface area contributed by atoms with Crippen molar-refractivity contribution in [2.45, 2.75) is 19.9 Å². The van der Waals surface area contributed by atoms with E-state index < -0.39 is 5.97 Å². The van der Waals surface area contributed by atoms with Crippen molar-refractivity contribution in [2.24, 2.45) is 0 Å². The molecule has 7 heteroatoms. The highest BCUT2D eigenvalue weighted by molar-refractivity contribution is 5.92. The van der Waals surface area contributed by atoms with Gasteiger partial charge in [-0.25, -0.2) is 4.79 Å². The third-order valence-corrected chi connectivity index (χ3v) is 3.35. The van der Waals surface area contributed by atoms with Crippen LogP contribution in [0.15, 0.2) is 47.4 Å². The van der Waals surface area contributed by atoms with Crippen LogP contribution in [-0.4, -0.2) is 30.2 Å². The predicted octanol–water partition coefficient (Wildman–Crippen LogP) is 2.06. The van der Waals surface area contributed by atoms with E-state index in [9.17, 15) is 14.4 Å². The molecule has 25 heavy (non-hydrogen) atoms. The summed E-state index contributed by atoms with van der Waals surface area (Å²) in [6.07, 6.45) is 2.32. The zero-order valence-electron chi connectivity index (χ0n) is 14.2. The standard InChI is InChI=1S/C18H20N2O5/c1-3-11-25-15-5-4-10-20(17(15)22)12-16(21)19-14-8-6-13(7-9-14)18(23)24-2/h4-10H,3,11-12H2,1-2H3,(H,19,21). The Labute approximate surface area is 145 Å². The Bertz CT molecular complexity index is 796. The number of nitrogens with zero attached hydrogens (tertiary/aromatic N) is 1. The first kappa shape index (κ1) is 18.3. The van der Waals surface area contributed by atoms with E-state index >= 15 is 0 Å². The van der Waals surface area contributed by atoms with Crippen molar-refractivity contribution in [1.29, 1.82) is 0 Å². The second-order valence-electron chi connectivity index (χ2n) is 5.27. The van der Waals surface area contributed by atoms with E-state index in [1.54, 1.807) is 36.4 Å². The Morgan fingerprint density at radius 3 is 2.52 bits per heavy atom. The molecule has 7 nitrogen and oxygen atoms in total. The second kappa shape index (κ2) is 8.68. The summed E-state index contributed by atoms with van der Waals surface area (Å²) in [5.41, 5.74) is 0.550. The van der Waals surface area contributed by atoms with E-state index in [0.29, 0.717) is 17.9 Å². The number of nitrogens with one attached hydrogen (secondary N) is 1. The molecule has 2 aromatic rings. The van der Waals surface area contributed by atoms with Crippen molar-refractivity contribution in [1.82, 2.24) is 4.57 Å². The van der Waals surface area contributed by atoms with Gasteiger partial charge < -0.3 is 19.4 Å². The fourth-order valence-electron chi connectivity index (χ4n) is 2.12. The zero-order chi connectivity index (χ0) is 18.2. The molecule has 1 N–H and O–H groups in total. The molecule has 1 amide bonds. The first-order valence-corrected chi connectivity index (χ1v) is 7.85. The van der Waals surface area contributed by atoms with Crippen molar-refractivity contribution < 1.29 is 19.1 Å². The maximum Gasteiger partial charge on any atom is 0.337 e. The third-order valence-electron chi connectivity index (χ3n) is 3.35. The number of pyridine rings is 1. The molecule has 1 heterocycles. The van der Waals surface area contributed by atoms with E-state index in [4.69, 9.17) is 4.74 Å². The van der Waals surface area contributed by atoms with Gasteiger partial charge in [0.05, 0.1) is 19.3 Å². The molecule has 0 spiro atoms. The van der Waals surface area contributed by atoms with E-state index in [1.165, 1.54) is 17.9 Å². The fraction of sp³-hybridized carbons (Fsp3) is 0.278. The molecule has 0 atom stereocenters. The van der Waals surface area contributed by atoms with Crippen molar-refractivity contribution in [2.75, 3.05) is 19.0 Å². The van der Waals surface area contributed by atoms with Crippen LogP contribution in [0.4, 0.5) is 5.69 Å². The first-order chi connectivity index (χ1) is 12.0. The molecule has 0 bridgehead atoms. The van der Waals surface area contributed by atoms with E-state index in [1.807, 2.05) is 6.92 Å². The largest absolute Gasteiger partial charge is 0.488 e. The van der Waals surface area contributed by atoms with Crippen molar-refractivity contribution in [3.8, 4) is 5.75 Å². The summed E-state index contributed by atoms with van der Waals surface area (Å²) in [6, 6.07) is 9.52. The van der Waals surface area contributed by atoms with Gasteiger partial charge in [0.15, 0.2) is 5.75 Å². The van der Waals surface area contributed by atoms with Crippen LogP contribution in [0.25, 0.3) is 0 Å². The Hall–Kier alpha value is -3.09. The summed E-state index contributed by atoms with van der Waals surface area (Å²) in [4.78, 5) is 35.7. The molecule has 0 radical (unpaired) electrons. The maximum absolute atomic E-state index is 12.2. The Morgan fingerprint density at radius 1 is 1.16 bits per heavy atom. The molecule has 0 unspecified atom stereocenters. The summed E-state index contributed by atoms with van der Waals surface area (Å²) >= 11 is 0. The SMILES string of the molecule is CCCOc1cccn(CC(=O)Nc2ccc(C(=O)OC)cc2)c1=O. The van der Waals surface area contributed by atoms with Crippen LogP contribution in [0, 0.1) is 0 Å². The molecular formula is C18H20N2O5. The summed E-state index contributed by atoms with van der Waals surface area (Å²) in [7, 11) is 1.30. The quantitative estimate of drug-likeness (QED) is 0.777. The van der Waals surface area contributed by atoms with Gasteiger partial charge in [0.1, 0.15) is 6.54 Å². The van der Waals surface area contributed by atoms with Crippen LogP contribution in [0.3, 0.4) is 0 Å². The molecule has 1 aromatic carbocycles. The van der Waals surface area contributed by atoms with Gasteiger partial charge in [-0.2, -0.15) is 0 Å². The van der Waals surface area contributed by atoms with Gasteiger partial charge in [0.2, 0.25) is 5.91 Å². The second-order valence-corrected chi connectivity index (χ2v) is 5.27. The highest BCUT2D eigenvalue weighted by Gasteiger charge is 2.09. The van der Waals surface area contributed by atoms with Crippen LogP contribution in [-0.2, 0) is 16.1 Å². The van der Waals surface area contributed by atoms with Gasteiger partial charge in [-0.3, -0.25) is 9.59 Å². The van der Waals surface area contributed by atoms with Crippen LogP contribution < -0.4 is 15.6 Å². The van der Waals surface area contributed by atoms with Crippen molar-refractivity contribution in [3.05, 3.63) is 58.5 Å². The third kappa shape index (κ3) is 4.94. The Morgan fingerprint density at radius 2 is 1.88 bits per heavy atom. The summed E-state index contributed by atoms with van der Waals surface area (Å²) in [5.74, 6) is -0.589. The summed E-state index contributed by atoms with van der Waals surface area (Å²) in [5, 5.41) is 2.67. The molecule has 132 valence electrons. The summed E-state index contributed by atoms with van der Waals surface area (Å²) in [6.45, 7) is 2.25. The van der Waals surface area contributed by atoms with Gasteiger partial charge in [0.25, 0.3) is 5.56 Å². The number of hydrogen-bond donors (Lipinski definition) is 1.